The highest BCUT2D eigenvalue weighted by Crippen LogP contribution is 2.43. The predicted molar refractivity (Wildman–Crippen MR) is 206 cm³/mol. The zero-order chi connectivity index (χ0) is 36.8. The Morgan fingerprint density at radius 3 is 1.62 bits per heavy atom. The zero-order valence-corrected chi connectivity index (χ0v) is 32.3. The Labute approximate surface area is 304 Å². The molecule has 0 amide bonds. The molecular weight excluding hydrogens is 653 g/mol. The number of carbonyl (C=O) groups excluding carboxylic acids is 2. The van der Waals surface area contributed by atoms with Crippen LogP contribution in [-0.2, 0) is 32.7 Å². The van der Waals surface area contributed by atoms with E-state index in [2.05, 4.69) is 68.5 Å². The van der Waals surface area contributed by atoms with Crippen LogP contribution in [0.15, 0.2) is 60.8 Å². The molecule has 0 aliphatic rings. The molecule has 0 aromatic carbocycles. The zero-order valence-electron chi connectivity index (χ0n) is 31.4. The Kier molecular flexibility index (Phi) is 34.8. The first-order valence-corrected chi connectivity index (χ1v) is 20.8. The summed E-state index contributed by atoms with van der Waals surface area (Å²) in [5, 5.41) is 0. The second-order valence-electron chi connectivity index (χ2n) is 12.4. The topological polar surface area (TPSA) is 134 Å². The van der Waals surface area contributed by atoms with Crippen molar-refractivity contribution in [2.24, 2.45) is 5.73 Å². The first-order chi connectivity index (χ1) is 24.3. The van der Waals surface area contributed by atoms with Gasteiger partial charge in [-0.25, -0.2) is 4.57 Å². The number of esters is 2. The lowest BCUT2D eigenvalue weighted by Gasteiger charge is -2.19. The van der Waals surface area contributed by atoms with Crippen molar-refractivity contribution in [3.63, 3.8) is 0 Å². The minimum atomic E-state index is -4.39. The van der Waals surface area contributed by atoms with Crippen LogP contribution in [0.1, 0.15) is 149 Å². The molecule has 0 rings (SSSR count). The van der Waals surface area contributed by atoms with Gasteiger partial charge in [0.1, 0.15) is 6.61 Å². The highest BCUT2D eigenvalue weighted by Gasteiger charge is 2.25. The number of rotatable bonds is 35. The summed E-state index contributed by atoms with van der Waals surface area (Å²) in [4.78, 5) is 34.7. The number of hydrogen-bond acceptors (Lipinski definition) is 8. The van der Waals surface area contributed by atoms with Crippen molar-refractivity contribution in [3.8, 4) is 0 Å². The molecule has 0 radical (unpaired) electrons. The maximum absolute atomic E-state index is 12.5. The van der Waals surface area contributed by atoms with Gasteiger partial charge in [-0.1, -0.05) is 145 Å². The summed E-state index contributed by atoms with van der Waals surface area (Å²) >= 11 is 0. The standard InChI is InChI=1S/C40H70NO8P/c1-3-5-7-9-11-13-15-17-18-19-20-21-23-25-27-29-31-33-40(43)49-38(37-48-50(44,45)47-35-34-41)36-46-39(42)32-30-28-26-24-22-16-14-12-10-8-6-4-2/h5,7,11,13,17-18,20-21,25,27,38H,3-4,6,8-10,12,14-16,19,22-24,26,28-37,41H2,1-2H3,(H,44,45). The van der Waals surface area contributed by atoms with Gasteiger partial charge >= 0.3 is 19.8 Å². The van der Waals surface area contributed by atoms with E-state index in [9.17, 15) is 19.0 Å². The van der Waals surface area contributed by atoms with Crippen molar-refractivity contribution >= 4 is 19.8 Å². The molecule has 0 aromatic heterocycles. The van der Waals surface area contributed by atoms with E-state index in [4.69, 9.17) is 24.3 Å². The Hall–Kier alpha value is -2.29. The fourth-order valence-electron chi connectivity index (χ4n) is 4.84. The van der Waals surface area contributed by atoms with Gasteiger partial charge in [-0.3, -0.25) is 18.6 Å². The average Bonchev–Trinajstić information content (AvgIpc) is 3.10. The number of hydrogen-bond donors (Lipinski definition) is 2. The SMILES string of the molecule is CCC=CCC=CCC=CCC=CCC=CCCCC(=O)OC(COC(=O)CCCCCCCCCCCCCC)COP(=O)(O)OCCN. The lowest BCUT2D eigenvalue weighted by atomic mass is 10.0. The van der Waals surface area contributed by atoms with Crippen molar-refractivity contribution < 1.29 is 37.6 Å². The van der Waals surface area contributed by atoms with Crippen LogP contribution in [0, 0.1) is 0 Å². The molecule has 0 aliphatic heterocycles. The molecule has 2 unspecified atom stereocenters. The summed E-state index contributed by atoms with van der Waals surface area (Å²) < 4.78 is 32.6. The van der Waals surface area contributed by atoms with Gasteiger partial charge in [0.15, 0.2) is 6.10 Å². The largest absolute Gasteiger partial charge is 0.472 e. The quantitative estimate of drug-likeness (QED) is 0.0283. The Morgan fingerprint density at radius 1 is 0.620 bits per heavy atom. The Morgan fingerprint density at radius 2 is 1.10 bits per heavy atom. The molecule has 0 saturated heterocycles. The molecule has 10 heteroatoms. The first kappa shape index (κ1) is 47.7. The molecule has 0 saturated carbocycles. The second kappa shape index (κ2) is 36.5. The molecular formula is C40H70NO8P. The van der Waals surface area contributed by atoms with E-state index in [-0.39, 0.29) is 32.6 Å². The van der Waals surface area contributed by atoms with Crippen LogP contribution in [0.5, 0.6) is 0 Å². The maximum atomic E-state index is 12.5. The van der Waals surface area contributed by atoms with Gasteiger partial charge in [0.05, 0.1) is 13.2 Å². The number of phosphoric ester groups is 1. The van der Waals surface area contributed by atoms with E-state index in [0.29, 0.717) is 12.8 Å². The summed E-state index contributed by atoms with van der Waals surface area (Å²) in [6.45, 7) is 3.52. The Bertz CT molecular complexity index is 1010. The van der Waals surface area contributed by atoms with Crippen LogP contribution in [0.4, 0.5) is 0 Å². The number of ether oxygens (including phenoxy) is 2. The lowest BCUT2D eigenvalue weighted by molar-refractivity contribution is -0.161. The van der Waals surface area contributed by atoms with Crippen molar-refractivity contribution in [1.29, 1.82) is 0 Å². The molecule has 50 heavy (non-hydrogen) atoms. The minimum absolute atomic E-state index is 0.0426. The van der Waals surface area contributed by atoms with Crippen LogP contribution >= 0.6 is 7.82 Å². The number of allylic oxidation sites excluding steroid dienone is 10. The maximum Gasteiger partial charge on any atom is 0.472 e. The molecule has 288 valence electrons. The van der Waals surface area contributed by atoms with Gasteiger partial charge in [0.2, 0.25) is 0 Å². The van der Waals surface area contributed by atoms with Gasteiger partial charge in [-0.2, -0.15) is 0 Å². The first-order valence-electron chi connectivity index (χ1n) is 19.3. The van der Waals surface area contributed by atoms with Gasteiger partial charge < -0.3 is 20.1 Å². The fourth-order valence-corrected chi connectivity index (χ4v) is 5.61. The van der Waals surface area contributed by atoms with E-state index in [0.717, 1.165) is 51.4 Å². The summed E-state index contributed by atoms with van der Waals surface area (Å²) in [6, 6.07) is 0. The average molecular weight is 724 g/mol. The van der Waals surface area contributed by atoms with Crippen LogP contribution in [0.3, 0.4) is 0 Å². The molecule has 0 heterocycles. The summed E-state index contributed by atoms with van der Waals surface area (Å²) in [5.74, 6) is -0.901. The summed E-state index contributed by atoms with van der Waals surface area (Å²) in [6.07, 6.45) is 41.1. The van der Waals surface area contributed by atoms with Crippen LogP contribution in [0.2, 0.25) is 0 Å². The number of carbonyl (C=O) groups is 2. The van der Waals surface area contributed by atoms with Crippen molar-refractivity contribution in [1.82, 2.24) is 0 Å². The van der Waals surface area contributed by atoms with E-state index < -0.39 is 32.5 Å². The third-order valence-electron chi connectivity index (χ3n) is 7.67. The van der Waals surface area contributed by atoms with Crippen molar-refractivity contribution in [3.05, 3.63) is 60.8 Å². The summed E-state index contributed by atoms with van der Waals surface area (Å²) in [7, 11) is -4.39. The molecule has 0 spiro atoms. The van der Waals surface area contributed by atoms with Gasteiger partial charge in [-0.05, 0) is 51.4 Å². The third-order valence-corrected chi connectivity index (χ3v) is 8.65. The number of phosphoric acid groups is 1. The number of unbranched alkanes of at least 4 members (excludes halogenated alkanes) is 12. The van der Waals surface area contributed by atoms with Crippen molar-refractivity contribution in [2.75, 3.05) is 26.4 Å². The smallest absolute Gasteiger partial charge is 0.462 e. The normalized spacial score (nSPS) is 14.1. The van der Waals surface area contributed by atoms with Crippen molar-refractivity contribution in [2.45, 2.75) is 155 Å². The monoisotopic (exact) mass is 723 g/mol. The van der Waals surface area contributed by atoms with Crippen LogP contribution in [0.25, 0.3) is 0 Å². The van der Waals surface area contributed by atoms with Gasteiger partial charge in [0, 0.05) is 19.4 Å². The third kappa shape index (κ3) is 35.5. The molecule has 0 bridgehead atoms. The van der Waals surface area contributed by atoms with Crippen LogP contribution in [-0.4, -0.2) is 49.3 Å². The molecule has 2 atom stereocenters. The molecule has 3 N–H and O–H groups in total. The van der Waals surface area contributed by atoms with E-state index in [1.165, 1.54) is 57.8 Å². The van der Waals surface area contributed by atoms with E-state index >= 15 is 0 Å². The Balaban J connectivity index is 4.34. The molecule has 0 aliphatic carbocycles. The molecule has 0 aromatic rings. The lowest BCUT2D eigenvalue weighted by Crippen LogP contribution is -2.29. The minimum Gasteiger partial charge on any atom is -0.462 e. The van der Waals surface area contributed by atoms with Gasteiger partial charge in [0.25, 0.3) is 0 Å². The molecule has 9 nitrogen and oxygen atoms in total. The highest BCUT2D eigenvalue weighted by atomic mass is 31.2. The molecule has 0 fully saturated rings. The number of nitrogens with two attached hydrogens (primary N) is 1. The fraction of sp³-hybridized carbons (Fsp3) is 0.700. The van der Waals surface area contributed by atoms with Crippen LogP contribution < -0.4 is 5.73 Å². The summed E-state index contributed by atoms with van der Waals surface area (Å²) in [5.41, 5.74) is 5.33. The van der Waals surface area contributed by atoms with Gasteiger partial charge in [-0.15, -0.1) is 0 Å². The van der Waals surface area contributed by atoms with E-state index in [1.54, 1.807) is 0 Å². The second-order valence-corrected chi connectivity index (χ2v) is 13.9. The van der Waals surface area contributed by atoms with E-state index in [1.807, 2.05) is 6.08 Å². The highest BCUT2D eigenvalue weighted by molar-refractivity contribution is 7.47. The predicted octanol–water partition coefficient (Wildman–Crippen LogP) is 10.5.